The van der Waals surface area contributed by atoms with Crippen LogP contribution in [0.4, 0.5) is 4.79 Å². The number of amides is 1. The smallest absolute Gasteiger partial charge is 0.410 e. The Balaban J connectivity index is 2.00. The topological polar surface area (TPSA) is 55.8 Å². The maximum absolute atomic E-state index is 12.2. The number of carbonyl (C=O) groups excluding carboxylic acids is 2. The maximum atomic E-state index is 12.2. The Labute approximate surface area is 143 Å². The monoisotopic (exact) mass is 331 g/mol. The predicted octanol–water partition coefficient (Wildman–Crippen LogP) is 3.53. The van der Waals surface area contributed by atoms with Gasteiger partial charge in [-0.25, -0.2) is 4.79 Å². The summed E-state index contributed by atoms with van der Waals surface area (Å²) in [5.41, 5.74) is 0.462. The molecule has 5 heteroatoms. The first kappa shape index (κ1) is 18.0. The number of ether oxygens (including phenoxy) is 2. The lowest BCUT2D eigenvalue weighted by Gasteiger charge is -2.32. The third-order valence-corrected chi connectivity index (χ3v) is 3.64. The van der Waals surface area contributed by atoms with Crippen molar-refractivity contribution >= 4 is 18.0 Å². The van der Waals surface area contributed by atoms with Crippen LogP contribution in [-0.2, 0) is 9.53 Å². The van der Waals surface area contributed by atoms with Crippen LogP contribution < -0.4 is 4.74 Å². The fourth-order valence-corrected chi connectivity index (χ4v) is 2.54. The van der Waals surface area contributed by atoms with Crippen LogP contribution in [0.15, 0.2) is 30.3 Å². The molecule has 1 saturated heterocycles. The van der Waals surface area contributed by atoms with Gasteiger partial charge in [-0.15, -0.1) is 0 Å². The zero-order valence-corrected chi connectivity index (χ0v) is 14.7. The second kappa shape index (κ2) is 7.51. The van der Waals surface area contributed by atoms with Gasteiger partial charge in [-0.2, -0.15) is 0 Å². The molecule has 1 fully saturated rings. The van der Waals surface area contributed by atoms with Gasteiger partial charge in [-0.1, -0.05) is 24.3 Å². The molecule has 0 aliphatic carbocycles. The maximum Gasteiger partial charge on any atom is 0.410 e. The first-order chi connectivity index (χ1) is 11.3. The Bertz CT molecular complexity index is 613. The number of ketones is 1. The molecule has 130 valence electrons. The molecular formula is C19H25NO4. The summed E-state index contributed by atoms with van der Waals surface area (Å²) in [7, 11) is 1.63. The van der Waals surface area contributed by atoms with Crippen molar-refractivity contribution in [3.05, 3.63) is 35.9 Å². The van der Waals surface area contributed by atoms with Gasteiger partial charge in [0.1, 0.15) is 11.4 Å². The lowest BCUT2D eigenvalue weighted by Crippen LogP contribution is -2.46. The minimum Gasteiger partial charge on any atom is -0.497 e. The minimum absolute atomic E-state index is 0.000806. The second-order valence-corrected chi connectivity index (χ2v) is 7.00. The summed E-state index contributed by atoms with van der Waals surface area (Å²) in [5, 5.41) is 0. The molecule has 2 rings (SSSR count). The Hall–Kier alpha value is -2.30. The van der Waals surface area contributed by atoms with Crippen LogP contribution in [0.25, 0.3) is 6.08 Å². The fraction of sp³-hybridized carbons (Fsp3) is 0.474. The molecule has 0 N–H and O–H groups in total. The van der Waals surface area contributed by atoms with Gasteiger partial charge in [0.2, 0.25) is 0 Å². The number of carbonyl (C=O) groups is 2. The van der Waals surface area contributed by atoms with Crippen LogP contribution in [0.1, 0.15) is 32.8 Å². The standard InChI is InChI=1S/C19H25NO4/c1-19(2,3)24-18(22)20-12-15(11-16(21)13-20)6-5-14-7-9-17(23-4)10-8-14/h5-10,15H,11-13H2,1-4H3/b6-5+. The molecule has 1 aliphatic rings. The van der Waals surface area contributed by atoms with Gasteiger partial charge < -0.3 is 14.4 Å². The van der Waals surface area contributed by atoms with Gasteiger partial charge in [-0.05, 0) is 38.5 Å². The third-order valence-electron chi connectivity index (χ3n) is 3.64. The van der Waals surface area contributed by atoms with Crippen LogP contribution in [0.3, 0.4) is 0 Å². The summed E-state index contributed by atoms with van der Waals surface area (Å²) >= 11 is 0. The van der Waals surface area contributed by atoms with Gasteiger partial charge in [0, 0.05) is 18.9 Å². The number of benzene rings is 1. The molecule has 1 heterocycles. The number of nitrogens with zero attached hydrogens (tertiary/aromatic N) is 1. The van der Waals surface area contributed by atoms with Crippen molar-refractivity contribution in [1.82, 2.24) is 4.90 Å². The van der Waals surface area contributed by atoms with E-state index in [0.29, 0.717) is 13.0 Å². The predicted molar refractivity (Wildman–Crippen MR) is 92.9 cm³/mol. The van der Waals surface area contributed by atoms with E-state index >= 15 is 0 Å². The normalized spacial score (nSPS) is 18.8. The highest BCUT2D eigenvalue weighted by atomic mass is 16.6. The highest BCUT2D eigenvalue weighted by Crippen LogP contribution is 2.20. The number of hydrogen-bond donors (Lipinski definition) is 0. The van der Waals surface area contributed by atoms with E-state index in [0.717, 1.165) is 11.3 Å². The van der Waals surface area contributed by atoms with Crippen molar-refractivity contribution in [2.24, 2.45) is 5.92 Å². The van der Waals surface area contributed by atoms with Crippen molar-refractivity contribution in [3.8, 4) is 5.75 Å². The Kier molecular flexibility index (Phi) is 5.65. The SMILES string of the molecule is COc1ccc(/C=C/C2CC(=O)CN(C(=O)OC(C)(C)C)C2)cc1. The molecule has 0 spiro atoms. The van der Waals surface area contributed by atoms with E-state index < -0.39 is 11.7 Å². The van der Waals surface area contributed by atoms with Gasteiger partial charge in [-0.3, -0.25) is 4.79 Å². The molecular weight excluding hydrogens is 306 g/mol. The first-order valence-electron chi connectivity index (χ1n) is 8.09. The summed E-state index contributed by atoms with van der Waals surface area (Å²) in [6.07, 6.45) is 3.97. The van der Waals surface area contributed by atoms with Crippen LogP contribution >= 0.6 is 0 Å². The fourth-order valence-electron chi connectivity index (χ4n) is 2.54. The average Bonchev–Trinajstić information content (AvgIpc) is 2.51. The van der Waals surface area contributed by atoms with E-state index in [1.807, 2.05) is 57.2 Å². The van der Waals surface area contributed by atoms with Gasteiger partial charge in [0.15, 0.2) is 5.78 Å². The van der Waals surface area contributed by atoms with Gasteiger partial charge in [0.25, 0.3) is 0 Å². The zero-order valence-electron chi connectivity index (χ0n) is 14.7. The van der Waals surface area contributed by atoms with Crippen LogP contribution in [0.5, 0.6) is 5.75 Å². The van der Waals surface area contributed by atoms with Gasteiger partial charge in [0.05, 0.1) is 13.7 Å². The molecule has 1 aromatic carbocycles. The summed E-state index contributed by atoms with van der Waals surface area (Å²) < 4.78 is 10.5. The largest absolute Gasteiger partial charge is 0.497 e. The summed E-state index contributed by atoms with van der Waals surface area (Å²) in [5.74, 6) is 0.855. The van der Waals surface area contributed by atoms with Crippen LogP contribution in [-0.4, -0.2) is 42.6 Å². The van der Waals surface area contributed by atoms with Crippen molar-refractivity contribution in [2.45, 2.75) is 32.8 Å². The Morgan fingerprint density at radius 1 is 1.25 bits per heavy atom. The summed E-state index contributed by atoms with van der Waals surface area (Å²) in [6, 6.07) is 7.68. The molecule has 1 atom stereocenters. The second-order valence-electron chi connectivity index (χ2n) is 7.00. The molecule has 1 aromatic rings. The molecule has 1 aliphatic heterocycles. The Morgan fingerprint density at radius 3 is 2.50 bits per heavy atom. The van der Waals surface area contributed by atoms with Crippen molar-refractivity contribution in [1.29, 1.82) is 0 Å². The quantitative estimate of drug-likeness (QED) is 0.850. The summed E-state index contributed by atoms with van der Waals surface area (Å²) in [6.45, 7) is 6.07. The van der Waals surface area contributed by atoms with Crippen LogP contribution in [0, 0.1) is 5.92 Å². The van der Waals surface area contributed by atoms with Gasteiger partial charge >= 0.3 is 6.09 Å². The number of methoxy groups -OCH3 is 1. The van der Waals surface area contributed by atoms with E-state index in [4.69, 9.17) is 9.47 Å². The van der Waals surface area contributed by atoms with E-state index in [9.17, 15) is 9.59 Å². The molecule has 1 unspecified atom stereocenters. The van der Waals surface area contributed by atoms with E-state index in [1.165, 1.54) is 4.90 Å². The van der Waals surface area contributed by atoms with E-state index in [2.05, 4.69) is 0 Å². The number of rotatable bonds is 3. The number of Topliss-reactive ketones (excluding diaryl/α,β-unsaturated/α-hetero) is 1. The molecule has 0 saturated carbocycles. The highest BCUT2D eigenvalue weighted by Gasteiger charge is 2.30. The molecule has 0 bridgehead atoms. The van der Waals surface area contributed by atoms with Crippen molar-refractivity contribution < 1.29 is 19.1 Å². The molecule has 0 radical (unpaired) electrons. The number of hydrogen-bond acceptors (Lipinski definition) is 4. The van der Waals surface area contributed by atoms with E-state index in [1.54, 1.807) is 7.11 Å². The Morgan fingerprint density at radius 2 is 1.92 bits per heavy atom. The third kappa shape index (κ3) is 5.41. The molecule has 1 amide bonds. The summed E-state index contributed by atoms with van der Waals surface area (Å²) in [4.78, 5) is 25.6. The first-order valence-corrected chi connectivity index (χ1v) is 8.09. The molecule has 5 nitrogen and oxygen atoms in total. The minimum atomic E-state index is -0.563. The number of piperidine rings is 1. The average molecular weight is 331 g/mol. The number of likely N-dealkylation sites (tertiary alicyclic amines) is 1. The highest BCUT2D eigenvalue weighted by molar-refractivity contribution is 5.85. The van der Waals surface area contributed by atoms with Crippen molar-refractivity contribution in [2.75, 3.05) is 20.2 Å². The van der Waals surface area contributed by atoms with Crippen LogP contribution in [0.2, 0.25) is 0 Å². The van der Waals surface area contributed by atoms with Crippen molar-refractivity contribution in [3.63, 3.8) is 0 Å². The van der Waals surface area contributed by atoms with E-state index in [-0.39, 0.29) is 18.2 Å². The lowest BCUT2D eigenvalue weighted by molar-refractivity contribution is -0.123. The molecule has 24 heavy (non-hydrogen) atoms. The zero-order chi connectivity index (χ0) is 17.7. The molecule has 0 aromatic heterocycles. The lowest BCUT2D eigenvalue weighted by atomic mass is 9.96.